The lowest BCUT2D eigenvalue weighted by atomic mass is 9.84. The largest absolute Gasteiger partial charge is 0.497 e. The van der Waals surface area contributed by atoms with Crippen LogP contribution in [0.1, 0.15) is 23.5 Å². The molecule has 3 rings (SSSR count). The first-order chi connectivity index (χ1) is 11.0. The summed E-state index contributed by atoms with van der Waals surface area (Å²) < 4.78 is 10.8. The maximum absolute atomic E-state index is 12.2. The Morgan fingerprint density at radius 1 is 1.09 bits per heavy atom. The van der Waals surface area contributed by atoms with E-state index in [1.807, 2.05) is 0 Å². The van der Waals surface area contributed by atoms with Gasteiger partial charge in [-0.05, 0) is 17.7 Å². The molecule has 6 heteroatoms. The minimum atomic E-state index is -0.277. The van der Waals surface area contributed by atoms with Gasteiger partial charge < -0.3 is 14.8 Å². The summed E-state index contributed by atoms with van der Waals surface area (Å²) in [5.41, 5.74) is 2.23. The molecule has 1 aliphatic heterocycles. The van der Waals surface area contributed by atoms with E-state index in [4.69, 9.17) is 32.7 Å². The molecule has 1 aliphatic rings. The summed E-state index contributed by atoms with van der Waals surface area (Å²) in [6.07, 6.45) is 0.249. The molecule has 1 amide bonds. The van der Waals surface area contributed by atoms with Crippen LogP contribution in [0.5, 0.6) is 11.5 Å². The van der Waals surface area contributed by atoms with Gasteiger partial charge in [0.2, 0.25) is 5.91 Å². The second kappa shape index (κ2) is 6.30. The molecule has 0 fully saturated rings. The molecular formula is C17H15Cl2NO3. The minimum Gasteiger partial charge on any atom is -0.497 e. The van der Waals surface area contributed by atoms with Gasteiger partial charge in [0.05, 0.1) is 19.9 Å². The van der Waals surface area contributed by atoms with Crippen molar-refractivity contribution in [2.75, 3.05) is 19.5 Å². The average molecular weight is 352 g/mol. The van der Waals surface area contributed by atoms with Gasteiger partial charge in [0.15, 0.2) is 0 Å². The molecule has 0 bridgehead atoms. The van der Waals surface area contributed by atoms with E-state index < -0.39 is 0 Å². The van der Waals surface area contributed by atoms with Crippen molar-refractivity contribution in [2.45, 2.75) is 12.3 Å². The lowest BCUT2D eigenvalue weighted by molar-refractivity contribution is -0.116. The number of methoxy groups -OCH3 is 2. The monoisotopic (exact) mass is 351 g/mol. The molecule has 1 atom stereocenters. The SMILES string of the molecule is COc1cc2c(c(OC)c1)[C@H](c1c(Cl)cccc1Cl)CC(=O)N2. The summed E-state index contributed by atoms with van der Waals surface area (Å²) in [5, 5.41) is 3.92. The van der Waals surface area contributed by atoms with Gasteiger partial charge in [0.25, 0.3) is 0 Å². The standard InChI is InChI=1S/C17H15Cl2NO3/c1-22-9-6-13-17(14(7-9)23-2)10(8-15(21)20-13)16-11(18)4-3-5-12(16)19/h3-7,10H,8H2,1-2H3,(H,20,21)/t10-/m0/s1. The number of halogens is 2. The van der Waals surface area contributed by atoms with Crippen LogP contribution in [0.4, 0.5) is 5.69 Å². The molecule has 0 unspecified atom stereocenters. The zero-order chi connectivity index (χ0) is 16.6. The maximum atomic E-state index is 12.2. The Bertz CT molecular complexity index is 756. The number of ether oxygens (including phenoxy) is 2. The number of carbonyl (C=O) groups excluding carboxylic acids is 1. The molecule has 0 spiro atoms. The van der Waals surface area contributed by atoms with Crippen LogP contribution in [-0.4, -0.2) is 20.1 Å². The molecule has 1 heterocycles. The van der Waals surface area contributed by atoms with Crippen molar-refractivity contribution in [1.82, 2.24) is 0 Å². The highest BCUT2D eigenvalue weighted by Crippen LogP contribution is 2.48. The third-order valence-corrected chi connectivity index (χ3v) is 4.59. The van der Waals surface area contributed by atoms with Crippen LogP contribution in [-0.2, 0) is 4.79 Å². The molecule has 4 nitrogen and oxygen atoms in total. The summed E-state index contributed by atoms with van der Waals surface area (Å²) in [6, 6.07) is 8.87. The Hall–Kier alpha value is -1.91. The molecule has 2 aromatic carbocycles. The highest BCUT2D eigenvalue weighted by atomic mass is 35.5. The second-order valence-corrected chi connectivity index (χ2v) is 6.05. The lowest BCUT2D eigenvalue weighted by Crippen LogP contribution is -2.24. The van der Waals surface area contributed by atoms with Gasteiger partial charge in [-0.2, -0.15) is 0 Å². The molecule has 0 radical (unpaired) electrons. The third-order valence-electron chi connectivity index (χ3n) is 3.93. The Morgan fingerprint density at radius 2 is 1.78 bits per heavy atom. The zero-order valence-corrected chi connectivity index (χ0v) is 14.2. The number of carbonyl (C=O) groups is 1. The predicted octanol–water partition coefficient (Wildman–Crippen LogP) is 4.48. The van der Waals surface area contributed by atoms with Gasteiger partial charge in [-0.1, -0.05) is 29.3 Å². The topological polar surface area (TPSA) is 47.6 Å². The first-order valence-electron chi connectivity index (χ1n) is 7.04. The van der Waals surface area contributed by atoms with Crippen molar-refractivity contribution in [2.24, 2.45) is 0 Å². The van der Waals surface area contributed by atoms with Crippen molar-refractivity contribution in [1.29, 1.82) is 0 Å². The number of anilines is 1. The summed E-state index contributed by atoms with van der Waals surface area (Å²) >= 11 is 12.7. The predicted molar refractivity (Wildman–Crippen MR) is 91.1 cm³/mol. The van der Waals surface area contributed by atoms with Crippen molar-refractivity contribution in [3.63, 3.8) is 0 Å². The highest BCUT2D eigenvalue weighted by Gasteiger charge is 2.32. The van der Waals surface area contributed by atoms with Crippen molar-refractivity contribution >= 4 is 34.8 Å². The average Bonchev–Trinajstić information content (AvgIpc) is 2.53. The molecule has 0 saturated heterocycles. The first kappa shape index (κ1) is 16.0. The van der Waals surface area contributed by atoms with Gasteiger partial charge in [0.1, 0.15) is 11.5 Å². The van der Waals surface area contributed by atoms with E-state index in [-0.39, 0.29) is 18.2 Å². The maximum Gasteiger partial charge on any atom is 0.225 e. The Morgan fingerprint density at radius 3 is 2.39 bits per heavy atom. The summed E-state index contributed by atoms with van der Waals surface area (Å²) in [4.78, 5) is 12.2. The Balaban J connectivity index is 2.24. The molecule has 1 N–H and O–H groups in total. The van der Waals surface area contributed by atoms with Crippen LogP contribution in [0.3, 0.4) is 0 Å². The van der Waals surface area contributed by atoms with Crippen LogP contribution < -0.4 is 14.8 Å². The fourth-order valence-electron chi connectivity index (χ4n) is 2.93. The van der Waals surface area contributed by atoms with Gasteiger partial charge >= 0.3 is 0 Å². The van der Waals surface area contributed by atoms with E-state index in [9.17, 15) is 4.79 Å². The fraction of sp³-hybridized carbons (Fsp3) is 0.235. The van der Waals surface area contributed by atoms with E-state index in [1.54, 1.807) is 44.6 Å². The molecular weight excluding hydrogens is 337 g/mol. The molecule has 23 heavy (non-hydrogen) atoms. The van der Waals surface area contributed by atoms with E-state index in [0.717, 1.165) is 11.1 Å². The van der Waals surface area contributed by atoms with Crippen molar-refractivity contribution < 1.29 is 14.3 Å². The zero-order valence-electron chi connectivity index (χ0n) is 12.7. The Labute approximate surface area is 144 Å². The molecule has 0 aliphatic carbocycles. The van der Waals surface area contributed by atoms with Gasteiger partial charge in [0, 0.05) is 40.1 Å². The van der Waals surface area contributed by atoms with Crippen molar-refractivity contribution in [3.05, 3.63) is 51.5 Å². The third kappa shape index (κ3) is 2.84. The van der Waals surface area contributed by atoms with Gasteiger partial charge in [-0.25, -0.2) is 0 Å². The summed E-state index contributed by atoms with van der Waals surface area (Å²) in [6.45, 7) is 0. The number of rotatable bonds is 3. The number of benzene rings is 2. The van der Waals surface area contributed by atoms with Crippen LogP contribution in [0, 0.1) is 0 Å². The highest BCUT2D eigenvalue weighted by molar-refractivity contribution is 6.36. The van der Waals surface area contributed by atoms with Crippen LogP contribution in [0.2, 0.25) is 10.0 Å². The number of amides is 1. The number of fused-ring (bicyclic) bond motifs is 1. The molecule has 2 aromatic rings. The summed E-state index contributed by atoms with van der Waals surface area (Å²) in [5.74, 6) is 0.849. The quantitative estimate of drug-likeness (QED) is 0.886. The van der Waals surface area contributed by atoms with Crippen LogP contribution >= 0.6 is 23.2 Å². The fourth-order valence-corrected chi connectivity index (χ4v) is 3.59. The van der Waals surface area contributed by atoms with Gasteiger partial charge in [-0.15, -0.1) is 0 Å². The number of nitrogens with one attached hydrogen (secondary N) is 1. The van der Waals surface area contributed by atoms with E-state index in [1.165, 1.54) is 0 Å². The molecule has 120 valence electrons. The minimum absolute atomic E-state index is 0.103. The molecule has 0 saturated carbocycles. The Kier molecular flexibility index (Phi) is 4.37. The first-order valence-corrected chi connectivity index (χ1v) is 7.80. The number of hydrogen-bond acceptors (Lipinski definition) is 3. The van der Waals surface area contributed by atoms with Crippen molar-refractivity contribution in [3.8, 4) is 11.5 Å². The number of hydrogen-bond donors (Lipinski definition) is 1. The van der Waals surface area contributed by atoms with E-state index in [0.29, 0.717) is 27.2 Å². The smallest absolute Gasteiger partial charge is 0.225 e. The second-order valence-electron chi connectivity index (χ2n) is 5.23. The van der Waals surface area contributed by atoms with Crippen LogP contribution in [0.25, 0.3) is 0 Å². The van der Waals surface area contributed by atoms with E-state index in [2.05, 4.69) is 5.32 Å². The summed E-state index contributed by atoms with van der Waals surface area (Å²) in [7, 11) is 3.14. The van der Waals surface area contributed by atoms with E-state index >= 15 is 0 Å². The normalized spacial score (nSPS) is 16.5. The van der Waals surface area contributed by atoms with Gasteiger partial charge in [-0.3, -0.25) is 4.79 Å². The van der Waals surface area contributed by atoms with Crippen LogP contribution in [0.15, 0.2) is 30.3 Å². The molecule has 0 aromatic heterocycles. The lowest BCUT2D eigenvalue weighted by Gasteiger charge is -2.29.